The highest BCUT2D eigenvalue weighted by Crippen LogP contribution is 2.27. The maximum absolute atomic E-state index is 3.49. The van der Waals surface area contributed by atoms with Crippen LogP contribution in [0, 0.1) is 0 Å². The van der Waals surface area contributed by atoms with Crippen molar-refractivity contribution < 1.29 is 0 Å². The predicted octanol–water partition coefficient (Wildman–Crippen LogP) is 4.73. The van der Waals surface area contributed by atoms with Gasteiger partial charge in [-0.05, 0) is 59.6 Å². The Hall–Kier alpha value is -1.60. The minimum Gasteiger partial charge on any atom is -0.310 e. The Morgan fingerprint density at radius 2 is 1.67 bits per heavy atom. The zero-order chi connectivity index (χ0) is 14.7. The van der Waals surface area contributed by atoms with Crippen LogP contribution in [0.15, 0.2) is 42.5 Å². The molecule has 0 spiro atoms. The molecule has 110 valence electrons. The van der Waals surface area contributed by atoms with Gasteiger partial charge in [0.25, 0.3) is 0 Å². The Balaban J connectivity index is 1.84. The number of benzene rings is 2. The Kier molecular flexibility index (Phi) is 4.40. The van der Waals surface area contributed by atoms with Crippen molar-refractivity contribution in [2.75, 3.05) is 0 Å². The zero-order valence-electron chi connectivity index (χ0n) is 13.2. The van der Waals surface area contributed by atoms with Gasteiger partial charge >= 0.3 is 0 Å². The van der Waals surface area contributed by atoms with E-state index in [0.717, 1.165) is 6.54 Å². The van der Waals surface area contributed by atoms with Crippen molar-refractivity contribution >= 4 is 0 Å². The van der Waals surface area contributed by atoms with Crippen LogP contribution in [0.25, 0.3) is 11.1 Å². The lowest BCUT2D eigenvalue weighted by Crippen LogP contribution is -2.21. The first kappa shape index (κ1) is 14.3. The van der Waals surface area contributed by atoms with Crippen LogP contribution in [-0.4, -0.2) is 6.04 Å². The van der Waals surface area contributed by atoms with Crippen molar-refractivity contribution in [3.8, 4) is 11.1 Å². The van der Waals surface area contributed by atoms with Crippen LogP contribution in [-0.2, 0) is 19.4 Å². The fourth-order valence-corrected chi connectivity index (χ4v) is 3.10. The molecule has 0 saturated heterocycles. The van der Waals surface area contributed by atoms with Crippen LogP contribution in [0.3, 0.4) is 0 Å². The molecule has 2 aromatic rings. The third-order valence-corrected chi connectivity index (χ3v) is 4.32. The van der Waals surface area contributed by atoms with Gasteiger partial charge in [-0.2, -0.15) is 0 Å². The van der Waals surface area contributed by atoms with Gasteiger partial charge in [0.1, 0.15) is 0 Å². The summed E-state index contributed by atoms with van der Waals surface area (Å²) in [7, 11) is 0. The molecule has 0 fully saturated rings. The van der Waals surface area contributed by atoms with Crippen LogP contribution < -0.4 is 5.32 Å². The first-order valence-corrected chi connectivity index (χ1v) is 8.17. The molecule has 0 bridgehead atoms. The number of hydrogen-bond donors (Lipinski definition) is 1. The first-order chi connectivity index (χ1) is 10.2. The summed E-state index contributed by atoms with van der Waals surface area (Å²) < 4.78 is 0. The van der Waals surface area contributed by atoms with Gasteiger partial charge in [-0.15, -0.1) is 0 Å². The van der Waals surface area contributed by atoms with E-state index in [1.165, 1.54) is 42.4 Å². The number of aryl methyl sites for hydroxylation is 2. The van der Waals surface area contributed by atoms with Gasteiger partial charge in [0.15, 0.2) is 0 Å². The fourth-order valence-electron chi connectivity index (χ4n) is 3.10. The molecule has 1 nitrogen and oxygen atoms in total. The van der Waals surface area contributed by atoms with E-state index in [2.05, 4.69) is 61.6 Å². The predicted molar refractivity (Wildman–Crippen MR) is 90.5 cm³/mol. The highest BCUT2D eigenvalue weighted by atomic mass is 14.9. The molecule has 0 heterocycles. The molecule has 1 aliphatic rings. The quantitative estimate of drug-likeness (QED) is 0.853. The molecule has 0 unspecified atom stereocenters. The normalized spacial score (nSPS) is 14.2. The van der Waals surface area contributed by atoms with Gasteiger partial charge in [0.05, 0.1) is 0 Å². The molecule has 0 radical (unpaired) electrons. The highest BCUT2D eigenvalue weighted by molar-refractivity contribution is 5.65. The molecule has 1 aliphatic carbocycles. The van der Waals surface area contributed by atoms with Crippen molar-refractivity contribution in [3.63, 3.8) is 0 Å². The Bertz CT molecular complexity index is 613. The van der Waals surface area contributed by atoms with Crippen LogP contribution in [0.1, 0.15) is 43.4 Å². The third-order valence-electron chi connectivity index (χ3n) is 4.32. The number of fused-ring (bicyclic) bond motifs is 1. The van der Waals surface area contributed by atoms with E-state index < -0.39 is 0 Å². The van der Waals surface area contributed by atoms with Crippen LogP contribution >= 0.6 is 0 Å². The van der Waals surface area contributed by atoms with E-state index in [1.807, 2.05) is 0 Å². The average molecular weight is 279 g/mol. The lowest BCUT2D eigenvalue weighted by atomic mass is 9.89. The fraction of sp³-hybridized carbons (Fsp3) is 0.400. The topological polar surface area (TPSA) is 12.0 Å². The van der Waals surface area contributed by atoms with Gasteiger partial charge in [0, 0.05) is 12.6 Å². The summed E-state index contributed by atoms with van der Waals surface area (Å²) in [6.45, 7) is 5.32. The molecule has 3 rings (SSSR count). The van der Waals surface area contributed by atoms with Crippen LogP contribution in [0.4, 0.5) is 0 Å². The maximum atomic E-state index is 3.49. The van der Waals surface area contributed by atoms with E-state index >= 15 is 0 Å². The summed E-state index contributed by atoms with van der Waals surface area (Å²) in [5, 5.41) is 3.49. The monoisotopic (exact) mass is 279 g/mol. The number of hydrogen-bond acceptors (Lipinski definition) is 1. The molecule has 2 aromatic carbocycles. The standard InChI is InChI=1S/C20H25N/c1-15(2)21-14-16-6-5-9-18(12-16)20-11-10-17-7-3-4-8-19(17)13-20/h5-6,9-13,15,21H,3-4,7-8,14H2,1-2H3. The molecule has 1 heteroatoms. The minimum absolute atomic E-state index is 0.525. The van der Waals surface area contributed by atoms with Gasteiger partial charge in [0.2, 0.25) is 0 Å². The Morgan fingerprint density at radius 1 is 0.905 bits per heavy atom. The lowest BCUT2D eigenvalue weighted by Gasteiger charge is -2.17. The van der Waals surface area contributed by atoms with E-state index in [0.29, 0.717) is 6.04 Å². The smallest absolute Gasteiger partial charge is 0.0208 e. The van der Waals surface area contributed by atoms with E-state index in [4.69, 9.17) is 0 Å². The second kappa shape index (κ2) is 6.44. The Labute approximate surface area is 128 Å². The lowest BCUT2D eigenvalue weighted by molar-refractivity contribution is 0.589. The molecule has 21 heavy (non-hydrogen) atoms. The van der Waals surface area contributed by atoms with Gasteiger partial charge in [-0.3, -0.25) is 0 Å². The average Bonchev–Trinajstić information content (AvgIpc) is 2.53. The number of nitrogens with one attached hydrogen (secondary N) is 1. The summed E-state index contributed by atoms with van der Waals surface area (Å²) in [6, 6.07) is 16.5. The van der Waals surface area contributed by atoms with Gasteiger partial charge < -0.3 is 5.32 Å². The summed E-state index contributed by atoms with van der Waals surface area (Å²) in [6.07, 6.45) is 5.20. The molecule has 1 N–H and O–H groups in total. The van der Waals surface area contributed by atoms with E-state index in [9.17, 15) is 0 Å². The minimum atomic E-state index is 0.525. The van der Waals surface area contributed by atoms with E-state index in [-0.39, 0.29) is 0 Å². The summed E-state index contributed by atoms with van der Waals surface area (Å²) in [5.74, 6) is 0. The molecular weight excluding hydrogens is 254 g/mol. The van der Waals surface area contributed by atoms with E-state index in [1.54, 1.807) is 11.1 Å². The third kappa shape index (κ3) is 3.54. The molecule has 0 aromatic heterocycles. The SMILES string of the molecule is CC(C)NCc1cccc(-c2ccc3c(c2)CCCC3)c1. The van der Waals surface area contributed by atoms with Gasteiger partial charge in [-0.25, -0.2) is 0 Å². The summed E-state index contributed by atoms with van der Waals surface area (Å²) in [4.78, 5) is 0. The van der Waals surface area contributed by atoms with Crippen molar-refractivity contribution in [3.05, 3.63) is 59.2 Å². The molecule has 0 saturated carbocycles. The van der Waals surface area contributed by atoms with Crippen molar-refractivity contribution in [1.29, 1.82) is 0 Å². The zero-order valence-corrected chi connectivity index (χ0v) is 13.2. The molecule has 0 amide bonds. The van der Waals surface area contributed by atoms with Crippen LogP contribution in [0.5, 0.6) is 0 Å². The number of rotatable bonds is 4. The first-order valence-electron chi connectivity index (χ1n) is 8.17. The largest absolute Gasteiger partial charge is 0.310 e. The maximum Gasteiger partial charge on any atom is 0.0208 e. The van der Waals surface area contributed by atoms with Gasteiger partial charge in [-0.1, -0.05) is 50.2 Å². The summed E-state index contributed by atoms with van der Waals surface area (Å²) in [5.41, 5.74) is 7.18. The Morgan fingerprint density at radius 3 is 2.48 bits per heavy atom. The van der Waals surface area contributed by atoms with Crippen molar-refractivity contribution in [1.82, 2.24) is 5.32 Å². The molecular formula is C20H25N. The van der Waals surface area contributed by atoms with Crippen molar-refractivity contribution in [2.45, 2.75) is 52.1 Å². The van der Waals surface area contributed by atoms with Crippen LogP contribution in [0.2, 0.25) is 0 Å². The molecule has 0 aliphatic heterocycles. The highest BCUT2D eigenvalue weighted by Gasteiger charge is 2.10. The second-order valence-electron chi connectivity index (χ2n) is 6.43. The second-order valence-corrected chi connectivity index (χ2v) is 6.43. The summed E-state index contributed by atoms with van der Waals surface area (Å²) >= 11 is 0. The molecule has 0 atom stereocenters. The van der Waals surface area contributed by atoms with Crippen molar-refractivity contribution in [2.24, 2.45) is 0 Å².